The third kappa shape index (κ3) is 7.47. The molecule has 0 fully saturated rings. The van der Waals surface area contributed by atoms with Crippen molar-refractivity contribution < 1.29 is 33.4 Å². The van der Waals surface area contributed by atoms with E-state index < -0.39 is 36.1 Å². The fourth-order valence-corrected chi connectivity index (χ4v) is 1.96. The molecule has 0 radical (unpaired) electrons. The number of anilines is 1. The number of benzene rings is 1. The fraction of sp³-hybridized carbons (Fsp3) is 0.471. The van der Waals surface area contributed by atoms with E-state index in [-0.39, 0.29) is 29.9 Å². The van der Waals surface area contributed by atoms with E-state index >= 15 is 0 Å². The minimum Gasteiger partial charge on any atom is -0.465 e. The van der Waals surface area contributed by atoms with E-state index in [9.17, 15) is 18.8 Å². The molecule has 0 bridgehead atoms. The molecule has 0 spiro atoms. The predicted molar refractivity (Wildman–Crippen MR) is 91.3 cm³/mol. The summed E-state index contributed by atoms with van der Waals surface area (Å²) in [5, 5.41) is 13.4. The molecule has 1 rings (SSSR count). The lowest BCUT2D eigenvalue weighted by Crippen LogP contribution is -2.34. The largest absolute Gasteiger partial charge is 0.465 e. The number of hydrogen-bond acceptors (Lipinski definition) is 6. The average Bonchev–Trinajstić information content (AvgIpc) is 2.48. The van der Waals surface area contributed by atoms with E-state index in [0.717, 1.165) is 0 Å². The molecule has 144 valence electrons. The van der Waals surface area contributed by atoms with Gasteiger partial charge in [0, 0.05) is 5.56 Å². The van der Waals surface area contributed by atoms with Gasteiger partial charge in [-0.15, -0.1) is 0 Å². The van der Waals surface area contributed by atoms with Crippen LogP contribution in [0.4, 0.5) is 14.9 Å². The molecule has 1 amide bonds. The molecule has 0 unspecified atom stereocenters. The van der Waals surface area contributed by atoms with E-state index in [1.165, 1.54) is 19.1 Å². The lowest BCUT2D eigenvalue weighted by Gasteiger charge is -2.19. The quantitative estimate of drug-likeness (QED) is 0.631. The van der Waals surface area contributed by atoms with Crippen LogP contribution >= 0.6 is 0 Å². The highest BCUT2D eigenvalue weighted by atomic mass is 19.1. The average molecular weight is 370 g/mol. The van der Waals surface area contributed by atoms with Crippen molar-refractivity contribution >= 4 is 23.7 Å². The lowest BCUT2D eigenvalue weighted by molar-refractivity contribution is -0.153. The highest BCUT2D eigenvalue weighted by molar-refractivity contribution is 5.84. The molecule has 0 saturated heterocycles. The highest BCUT2D eigenvalue weighted by Gasteiger charge is 2.17. The molecule has 0 atom stereocenters. The second-order valence-electron chi connectivity index (χ2n) is 6.50. The molecule has 0 aromatic heterocycles. The predicted octanol–water partition coefficient (Wildman–Crippen LogP) is 2.20. The Hall–Kier alpha value is -2.68. The number of rotatable bonds is 7. The molecule has 1 aromatic carbocycles. The number of amides is 1. The first-order valence-corrected chi connectivity index (χ1v) is 7.85. The van der Waals surface area contributed by atoms with Crippen molar-refractivity contribution in [2.45, 2.75) is 39.9 Å². The van der Waals surface area contributed by atoms with E-state index in [4.69, 9.17) is 14.6 Å². The van der Waals surface area contributed by atoms with Crippen LogP contribution in [0.1, 0.15) is 31.9 Å². The summed E-state index contributed by atoms with van der Waals surface area (Å²) >= 11 is 0. The van der Waals surface area contributed by atoms with Crippen LogP contribution in [0.15, 0.2) is 12.1 Å². The van der Waals surface area contributed by atoms with Crippen molar-refractivity contribution in [3.63, 3.8) is 0 Å². The van der Waals surface area contributed by atoms with Gasteiger partial charge < -0.3 is 14.6 Å². The van der Waals surface area contributed by atoms with E-state index in [1.54, 1.807) is 20.8 Å². The van der Waals surface area contributed by atoms with Gasteiger partial charge in [0.15, 0.2) is 0 Å². The van der Waals surface area contributed by atoms with Crippen molar-refractivity contribution in [3.8, 4) is 0 Å². The van der Waals surface area contributed by atoms with E-state index in [0.29, 0.717) is 0 Å². The van der Waals surface area contributed by atoms with Crippen molar-refractivity contribution in [1.82, 2.24) is 5.32 Å². The molecule has 0 aliphatic carbocycles. The number of halogens is 1. The maximum Gasteiger partial charge on any atom is 0.409 e. The van der Waals surface area contributed by atoms with Gasteiger partial charge in [-0.3, -0.25) is 20.2 Å². The molecule has 9 heteroatoms. The Morgan fingerprint density at radius 2 is 1.77 bits per heavy atom. The second kappa shape index (κ2) is 9.14. The summed E-state index contributed by atoms with van der Waals surface area (Å²) in [4.78, 5) is 34.0. The number of ether oxygens (including phenoxy) is 2. The normalized spacial score (nSPS) is 11.0. The first-order chi connectivity index (χ1) is 12.0. The van der Waals surface area contributed by atoms with Gasteiger partial charge in [0.25, 0.3) is 0 Å². The first-order valence-electron chi connectivity index (χ1n) is 7.85. The summed E-state index contributed by atoms with van der Waals surface area (Å²) in [6.07, 6.45) is -1.36. The maximum absolute atomic E-state index is 14.2. The zero-order valence-corrected chi connectivity index (χ0v) is 15.1. The van der Waals surface area contributed by atoms with Crippen molar-refractivity contribution in [2.24, 2.45) is 0 Å². The van der Waals surface area contributed by atoms with Crippen molar-refractivity contribution in [1.29, 1.82) is 0 Å². The van der Waals surface area contributed by atoms with Crippen LogP contribution in [-0.4, -0.2) is 41.8 Å². The van der Waals surface area contributed by atoms with E-state index in [2.05, 4.69) is 10.6 Å². The van der Waals surface area contributed by atoms with E-state index in [1.807, 2.05) is 0 Å². The van der Waals surface area contributed by atoms with Crippen LogP contribution in [0.3, 0.4) is 0 Å². The summed E-state index contributed by atoms with van der Waals surface area (Å²) < 4.78 is 24.2. The number of aryl methyl sites for hydroxylation is 1. The lowest BCUT2D eigenvalue weighted by atomic mass is 10.1. The SMILES string of the molecule is Cc1ccc(NC(=O)O)c(COC(=O)CNCC(=O)OC(C)(C)C)c1F. The minimum absolute atomic E-state index is 0.00452. The van der Waals surface area contributed by atoms with Crippen molar-refractivity contribution in [3.05, 3.63) is 29.1 Å². The molecule has 0 aliphatic rings. The molecule has 1 aromatic rings. The Labute approximate surface area is 150 Å². The molecular weight excluding hydrogens is 347 g/mol. The number of nitrogens with one attached hydrogen (secondary N) is 2. The third-order valence-corrected chi connectivity index (χ3v) is 3.01. The van der Waals surface area contributed by atoms with Gasteiger partial charge >= 0.3 is 18.0 Å². The van der Waals surface area contributed by atoms with Crippen LogP contribution in [0.5, 0.6) is 0 Å². The zero-order valence-electron chi connectivity index (χ0n) is 15.1. The smallest absolute Gasteiger partial charge is 0.409 e. The Morgan fingerprint density at radius 1 is 1.15 bits per heavy atom. The van der Waals surface area contributed by atoms with Crippen molar-refractivity contribution in [2.75, 3.05) is 18.4 Å². The maximum atomic E-state index is 14.2. The summed E-state index contributed by atoms with van der Waals surface area (Å²) in [6, 6.07) is 2.80. The molecule has 3 N–H and O–H groups in total. The summed E-state index contributed by atoms with van der Waals surface area (Å²) in [5.41, 5.74) is -0.423. The topological polar surface area (TPSA) is 114 Å². The molecular formula is C17H23FN2O6. The summed E-state index contributed by atoms with van der Waals surface area (Å²) in [7, 11) is 0. The third-order valence-electron chi connectivity index (χ3n) is 3.01. The van der Waals surface area contributed by atoms with Gasteiger partial charge in [0.2, 0.25) is 0 Å². The van der Waals surface area contributed by atoms with Crippen LogP contribution in [0.25, 0.3) is 0 Å². The fourth-order valence-electron chi connectivity index (χ4n) is 1.96. The molecule has 0 heterocycles. The first kappa shape index (κ1) is 21.4. The minimum atomic E-state index is -1.36. The number of carbonyl (C=O) groups is 3. The van der Waals surface area contributed by atoms with Crippen LogP contribution in [0.2, 0.25) is 0 Å². The number of esters is 2. The van der Waals surface area contributed by atoms with Gasteiger partial charge in [0.1, 0.15) is 18.0 Å². The summed E-state index contributed by atoms with van der Waals surface area (Å²) in [6.45, 7) is 5.75. The Bertz CT molecular complexity index is 685. The van der Waals surface area contributed by atoms with Gasteiger partial charge in [0.05, 0.1) is 18.8 Å². The van der Waals surface area contributed by atoms with Gasteiger partial charge in [-0.1, -0.05) is 6.07 Å². The Kier molecular flexibility index (Phi) is 7.51. The monoisotopic (exact) mass is 370 g/mol. The zero-order chi connectivity index (χ0) is 19.9. The molecule has 0 aliphatic heterocycles. The highest BCUT2D eigenvalue weighted by Crippen LogP contribution is 2.23. The van der Waals surface area contributed by atoms with Gasteiger partial charge in [-0.2, -0.15) is 0 Å². The number of carboxylic acid groups (broad SMARTS) is 1. The molecule has 0 saturated carbocycles. The van der Waals surface area contributed by atoms with Crippen LogP contribution in [-0.2, 0) is 25.7 Å². The van der Waals surface area contributed by atoms with Gasteiger partial charge in [-0.05, 0) is 39.3 Å². The number of carbonyl (C=O) groups excluding carboxylic acids is 2. The Morgan fingerprint density at radius 3 is 2.35 bits per heavy atom. The summed E-state index contributed by atoms with van der Waals surface area (Å²) in [5.74, 6) is -1.91. The van der Waals surface area contributed by atoms with Crippen LogP contribution in [0, 0.1) is 12.7 Å². The number of hydrogen-bond donors (Lipinski definition) is 3. The molecule has 26 heavy (non-hydrogen) atoms. The molecule has 8 nitrogen and oxygen atoms in total. The Balaban J connectivity index is 2.56. The second-order valence-corrected chi connectivity index (χ2v) is 6.50. The van der Waals surface area contributed by atoms with Crippen LogP contribution < -0.4 is 10.6 Å². The van der Waals surface area contributed by atoms with Gasteiger partial charge in [-0.25, -0.2) is 9.18 Å². The standard InChI is InChI=1S/C17H23FN2O6/c1-10-5-6-12(20-16(23)24)11(15(10)18)9-25-13(21)7-19-8-14(22)26-17(2,3)4/h5-6,19-20H,7-9H2,1-4H3,(H,23,24).